The monoisotopic (exact) mass is 720 g/mol. The number of hydrogen-bond acceptors (Lipinski definition) is 7. The van der Waals surface area contributed by atoms with Crippen LogP contribution in [0.1, 0.15) is 168 Å². The van der Waals surface area contributed by atoms with E-state index in [2.05, 4.69) is 50.3 Å². The molecule has 0 aliphatic carbocycles. The third kappa shape index (κ3) is 33.2. The van der Waals surface area contributed by atoms with Crippen molar-refractivity contribution in [2.24, 2.45) is 0 Å². The summed E-state index contributed by atoms with van der Waals surface area (Å²) in [5.41, 5.74) is 0. The molecular weight excluding hydrogens is 642 g/mol. The van der Waals surface area contributed by atoms with Crippen LogP contribution in [0.2, 0.25) is 0 Å². The molecule has 2 unspecified atom stereocenters. The maximum atomic E-state index is 12.7. The molecule has 0 amide bonds. The number of likely N-dealkylation sites (N-methyl/N-ethyl adjacent to an activating group) is 1. The normalized spacial score (nSPS) is 13.4. The lowest BCUT2D eigenvalue weighted by Crippen LogP contribution is -2.55. The Labute approximate surface area is 313 Å². The van der Waals surface area contributed by atoms with Gasteiger partial charge in [0.15, 0.2) is 6.10 Å². The molecule has 0 fully saturated rings. The molecule has 0 N–H and O–H groups in total. The van der Waals surface area contributed by atoms with Crippen LogP contribution in [0, 0.1) is 0 Å². The van der Waals surface area contributed by atoms with E-state index < -0.39 is 18.1 Å². The zero-order valence-electron chi connectivity index (χ0n) is 33.5. The van der Waals surface area contributed by atoms with Crippen molar-refractivity contribution in [3.05, 3.63) is 36.5 Å². The zero-order chi connectivity index (χ0) is 37.8. The van der Waals surface area contributed by atoms with E-state index in [-0.39, 0.29) is 42.7 Å². The van der Waals surface area contributed by atoms with Gasteiger partial charge in [-0.25, -0.2) is 0 Å². The molecule has 0 aliphatic rings. The Balaban J connectivity index is 4.41. The molecule has 0 saturated carbocycles. The fourth-order valence-electron chi connectivity index (χ4n) is 5.85. The van der Waals surface area contributed by atoms with Crippen LogP contribution in [0.5, 0.6) is 0 Å². The molecule has 0 heterocycles. The summed E-state index contributed by atoms with van der Waals surface area (Å²) in [6.07, 6.45) is 37.3. The fourth-order valence-corrected chi connectivity index (χ4v) is 5.85. The largest absolute Gasteiger partial charge is 0.544 e. The van der Waals surface area contributed by atoms with Crippen molar-refractivity contribution in [3.63, 3.8) is 0 Å². The highest BCUT2D eigenvalue weighted by Crippen LogP contribution is 2.14. The first-order valence-electron chi connectivity index (χ1n) is 20.5. The van der Waals surface area contributed by atoms with Gasteiger partial charge in [-0.1, -0.05) is 140 Å². The lowest BCUT2D eigenvalue weighted by molar-refractivity contribution is -0.889. The van der Waals surface area contributed by atoms with Crippen molar-refractivity contribution in [3.8, 4) is 0 Å². The number of carbonyl (C=O) groups is 3. The number of quaternary nitrogens is 1. The molecule has 0 saturated heterocycles. The molecular formula is C43H77NO7. The van der Waals surface area contributed by atoms with Crippen molar-refractivity contribution in [1.82, 2.24) is 0 Å². The van der Waals surface area contributed by atoms with E-state index in [4.69, 9.17) is 14.2 Å². The van der Waals surface area contributed by atoms with Gasteiger partial charge >= 0.3 is 11.9 Å². The highest BCUT2D eigenvalue weighted by atomic mass is 16.6. The second-order valence-electron chi connectivity index (χ2n) is 14.8. The van der Waals surface area contributed by atoms with E-state index in [1.165, 1.54) is 57.8 Å². The summed E-state index contributed by atoms with van der Waals surface area (Å²) in [6, 6.07) is -0.726. The number of esters is 2. The summed E-state index contributed by atoms with van der Waals surface area (Å²) in [6.45, 7) is 4.52. The van der Waals surface area contributed by atoms with Gasteiger partial charge in [0.05, 0.1) is 40.3 Å². The molecule has 0 aromatic rings. The summed E-state index contributed by atoms with van der Waals surface area (Å²) in [4.78, 5) is 36.7. The van der Waals surface area contributed by atoms with Crippen LogP contribution in [-0.4, -0.2) is 75.5 Å². The molecule has 296 valence electrons. The number of carbonyl (C=O) groups excluding carboxylic acids is 3. The fraction of sp³-hybridized carbons (Fsp3) is 0.791. The predicted molar refractivity (Wildman–Crippen MR) is 208 cm³/mol. The first-order chi connectivity index (χ1) is 24.6. The SMILES string of the molecule is CC/C=C\C/C=C\C/C=C\CCCCCCCC(=O)OC(COCCC(C(=O)[O-])[N+](C)(C)C)COC(=O)CCCCCCCCCCCCCC. The Bertz CT molecular complexity index is 937. The number of ether oxygens (including phenoxy) is 3. The van der Waals surface area contributed by atoms with Crippen LogP contribution < -0.4 is 5.11 Å². The third-order valence-corrected chi connectivity index (χ3v) is 9.04. The van der Waals surface area contributed by atoms with Gasteiger partial charge in [-0.05, 0) is 44.9 Å². The van der Waals surface area contributed by atoms with Gasteiger partial charge in [0.1, 0.15) is 12.6 Å². The van der Waals surface area contributed by atoms with Crippen LogP contribution in [0.3, 0.4) is 0 Å². The van der Waals surface area contributed by atoms with Gasteiger partial charge in [0, 0.05) is 19.3 Å². The molecule has 2 atom stereocenters. The first kappa shape index (κ1) is 48.5. The first-order valence-corrected chi connectivity index (χ1v) is 20.5. The molecule has 0 radical (unpaired) electrons. The number of aliphatic carboxylic acids is 1. The van der Waals surface area contributed by atoms with Crippen molar-refractivity contribution in [2.45, 2.75) is 180 Å². The standard InChI is InChI=1S/C43H77NO7/c1-6-8-10-12-14-16-18-20-21-22-24-26-28-30-32-34-42(46)51-39(37-49-36-35-40(43(47)48)44(3,4)5)38-50-41(45)33-31-29-27-25-23-19-17-15-13-11-9-7-2/h8,10,14,16,20-21,39-40H,6-7,9,11-13,15,17-19,22-38H2,1-5H3/b10-8-,16-14-,21-20-. The summed E-state index contributed by atoms with van der Waals surface area (Å²) >= 11 is 0. The van der Waals surface area contributed by atoms with Crippen LogP contribution in [-0.2, 0) is 28.6 Å². The molecule has 0 spiro atoms. The lowest BCUT2D eigenvalue weighted by Gasteiger charge is -2.34. The molecule has 8 heteroatoms. The zero-order valence-corrected chi connectivity index (χ0v) is 33.5. The Kier molecular flexibility index (Phi) is 33.0. The number of unbranched alkanes of at least 4 members (excludes halogenated alkanes) is 16. The lowest BCUT2D eigenvalue weighted by atomic mass is 10.0. The van der Waals surface area contributed by atoms with E-state index in [0.29, 0.717) is 12.8 Å². The molecule has 51 heavy (non-hydrogen) atoms. The van der Waals surface area contributed by atoms with Gasteiger partial charge in [-0.3, -0.25) is 9.59 Å². The number of rotatable bonds is 36. The van der Waals surface area contributed by atoms with Crippen molar-refractivity contribution >= 4 is 17.9 Å². The second-order valence-corrected chi connectivity index (χ2v) is 14.8. The molecule has 0 aliphatic heterocycles. The molecule has 0 aromatic carbocycles. The van der Waals surface area contributed by atoms with Gasteiger partial charge in [-0.2, -0.15) is 0 Å². The summed E-state index contributed by atoms with van der Waals surface area (Å²) < 4.78 is 17.1. The Morgan fingerprint density at radius 2 is 1.10 bits per heavy atom. The van der Waals surface area contributed by atoms with Gasteiger partial charge in [-0.15, -0.1) is 0 Å². The van der Waals surface area contributed by atoms with Crippen molar-refractivity contribution in [1.29, 1.82) is 0 Å². The average Bonchev–Trinajstić information content (AvgIpc) is 3.08. The third-order valence-electron chi connectivity index (χ3n) is 9.04. The number of hydrogen-bond donors (Lipinski definition) is 0. The minimum absolute atomic E-state index is 0.0355. The quantitative estimate of drug-likeness (QED) is 0.0275. The molecule has 0 rings (SSSR count). The highest BCUT2D eigenvalue weighted by Gasteiger charge is 2.25. The minimum atomic E-state index is -1.13. The van der Waals surface area contributed by atoms with Crippen LogP contribution in [0.25, 0.3) is 0 Å². The van der Waals surface area contributed by atoms with Crippen LogP contribution in [0.15, 0.2) is 36.5 Å². The Hall–Kier alpha value is -2.45. The Morgan fingerprint density at radius 3 is 1.63 bits per heavy atom. The molecule has 0 aromatic heterocycles. The van der Waals surface area contributed by atoms with E-state index in [0.717, 1.165) is 77.0 Å². The van der Waals surface area contributed by atoms with Crippen molar-refractivity contribution in [2.75, 3.05) is 41.0 Å². The van der Waals surface area contributed by atoms with Gasteiger partial charge in [0.25, 0.3) is 0 Å². The number of carboxylic acid groups (broad SMARTS) is 1. The minimum Gasteiger partial charge on any atom is -0.544 e. The van der Waals surface area contributed by atoms with Crippen molar-refractivity contribution < 1.29 is 38.2 Å². The summed E-state index contributed by atoms with van der Waals surface area (Å²) in [5, 5.41) is 11.6. The predicted octanol–water partition coefficient (Wildman–Crippen LogP) is 9.35. The smallest absolute Gasteiger partial charge is 0.306 e. The summed E-state index contributed by atoms with van der Waals surface area (Å²) in [7, 11) is 5.39. The number of allylic oxidation sites excluding steroid dienone is 6. The summed E-state index contributed by atoms with van der Waals surface area (Å²) in [5.74, 6) is -1.76. The second kappa shape index (κ2) is 34.6. The average molecular weight is 720 g/mol. The number of carboxylic acids is 1. The molecule has 0 bridgehead atoms. The van der Waals surface area contributed by atoms with Crippen LogP contribution in [0.4, 0.5) is 0 Å². The van der Waals surface area contributed by atoms with E-state index >= 15 is 0 Å². The maximum Gasteiger partial charge on any atom is 0.306 e. The number of nitrogens with zero attached hydrogens (tertiary/aromatic N) is 1. The van der Waals surface area contributed by atoms with E-state index in [1.54, 1.807) is 21.1 Å². The topological polar surface area (TPSA) is 102 Å². The Morgan fingerprint density at radius 1 is 0.608 bits per heavy atom. The molecule has 8 nitrogen and oxygen atoms in total. The van der Waals surface area contributed by atoms with E-state index in [1.807, 2.05) is 0 Å². The van der Waals surface area contributed by atoms with Gasteiger partial charge < -0.3 is 28.6 Å². The highest BCUT2D eigenvalue weighted by molar-refractivity contribution is 5.70. The van der Waals surface area contributed by atoms with Crippen LogP contribution >= 0.6 is 0 Å². The maximum absolute atomic E-state index is 12.7. The van der Waals surface area contributed by atoms with Gasteiger partial charge in [0.2, 0.25) is 0 Å². The van der Waals surface area contributed by atoms with E-state index in [9.17, 15) is 19.5 Å².